The fraction of sp³-hybridized carbons (Fsp3) is 0.238. The van der Waals surface area contributed by atoms with Crippen molar-refractivity contribution in [1.82, 2.24) is 9.97 Å². The fourth-order valence-electron chi connectivity index (χ4n) is 3.29. The van der Waals surface area contributed by atoms with Gasteiger partial charge < -0.3 is 19.7 Å². The molecule has 35 heavy (non-hydrogen) atoms. The number of pyridine rings is 2. The number of primary sulfonamides is 1. The number of sulfonamides is 1. The summed E-state index contributed by atoms with van der Waals surface area (Å²) < 4.78 is 62.5. The van der Waals surface area contributed by atoms with E-state index in [4.69, 9.17) is 14.6 Å². The summed E-state index contributed by atoms with van der Waals surface area (Å²) in [6.07, 6.45) is 0. The molecular formula is C21H21F2N5O6S. The second-order valence-corrected chi connectivity index (χ2v) is 8.84. The summed E-state index contributed by atoms with van der Waals surface area (Å²) in [6.45, 7) is 2.08. The van der Waals surface area contributed by atoms with E-state index in [1.165, 1.54) is 25.1 Å². The molecule has 2 heterocycles. The molecule has 0 aliphatic heterocycles. The van der Waals surface area contributed by atoms with E-state index in [0.717, 1.165) is 6.92 Å². The molecule has 0 bridgehead atoms. The zero-order chi connectivity index (χ0) is 26.1. The summed E-state index contributed by atoms with van der Waals surface area (Å²) in [6, 6.07) is 4.18. The summed E-state index contributed by atoms with van der Waals surface area (Å²) in [5.41, 5.74) is 0.301. The SMILES string of the molecule is COc1ccc2c(N(C)c3cc(F)c(S(N)(=O)=O)cc3F)c(NC(=O)COC(C)=O)c(C)nc2n1. The average molecular weight is 509 g/mol. The van der Waals surface area contributed by atoms with Crippen LogP contribution in [0.25, 0.3) is 11.0 Å². The van der Waals surface area contributed by atoms with Crippen molar-refractivity contribution in [3.8, 4) is 5.88 Å². The largest absolute Gasteiger partial charge is 0.481 e. The van der Waals surface area contributed by atoms with Gasteiger partial charge in [-0.3, -0.25) is 9.59 Å². The van der Waals surface area contributed by atoms with Gasteiger partial charge in [0.1, 0.15) is 16.5 Å². The van der Waals surface area contributed by atoms with Gasteiger partial charge in [-0.05, 0) is 19.1 Å². The first kappa shape index (κ1) is 25.7. The Morgan fingerprint density at radius 2 is 1.86 bits per heavy atom. The smallest absolute Gasteiger partial charge is 0.303 e. The molecule has 3 N–H and O–H groups in total. The number of carbonyl (C=O) groups excluding carboxylic acids is 2. The second-order valence-electron chi connectivity index (χ2n) is 7.31. The van der Waals surface area contributed by atoms with Crippen molar-refractivity contribution in [2.45, 2.75) is 18.7 Å². The number of ether oxygens (including phenoxy) is 2. The molecule has 186 valence electrons. The van der Waals surface area contributed by atoms with Crippen LogP contribution in [0.5, 0.6) is 5.88 Å². The molecule has 1 amide bonds. The van der Waals surface area contributed by atoms with Crippen molar-refractivity contribution in [3.05, 3.63) is 41.6 Å². The Balaban J connectivity index is 2.24. The van der Waals surface area contributed by atoms with Crippen LogP contribution >= 0.6 is 0 Å². The van der Waals surface area contributed by atoms with Gasteiger partial charge in [0.15, 0.2) is 12.3 Å². The highest BCUT2D eigenvalue weighted by Crippen LogP contribution is 2.40. The molecule has 0 fully saturated rings. The Labute approximate surface area is 198 Å². The lowest BCUT2D eigenvalue weighted by Crippen LogP contribution is -2.23. The Bertz CT molecular complexity index is 1450. The van der Waals surface area contributed by atoms with E-state index >= 15 is 0 Å². The first-order chi connectivity index (χ1) is 16.3. The molecule has 0 radical (unpaired) electrons. The average Bonchev–Trinajstić information content (AvgIpc) is 2.77. The number of nitrogens with zero attached hydrogens (tertiary/aromatic N) is 3. The molecule has 3 rings (SSSR count). The third kappa shape index (κ3) is 5.44. The van der Waals surface area contributed by atoms with E-state index in [1.807, 2.05) is 0 Å². The summed E-state index contributed by atoms with van der Waals surface area (Å²) >= 11 is 0. The Hall–Kier alpha value is -3.91. The number of anilines is 3. The van der Waals surface area contributed by atoms with Crippen LogP contribution in [-0.2, 0) is 24.3 Å². The van der Waals surface area contributed by atoms with Crippen molar-refractivity contribution < 1.29 is 36.3 Å². The van der Waals surface area contributed by atoms with Crippen molar-refractivity contribution in [2.75, 3.05) is 31.0 Å². The van der Waals surface area contributed by atoms with E-state index in [9.17, 15) is 26.8 Å². The minimum absolute atomic E-state index is 0.0967. The van der Waals surface area contributed by atoms with Gasteiger partial charge in [0.05, 0.1) is 29.9 Å². The van der Waals surface area contributed by atoms with Crippen LogP contribution in [0.3, 0.4) is 0 Å². The molecule has 3 aromatic rings. The third-order valence-corrected chi connectivity index (χ3v) is 5.79. The number of hydrogen-bond donors (Lipinski definition) is 2. The lowest BCUT2D eigenvalue weighted by molar-refractivity contribution is -0.144. The van der Waals surface area contributed by atoms with E-state index in [1.54, 1.807) is 13.0 Å². The first-order valence-corrected chi connectivity index (χ1v) is 11.4. The van der Waals surface area contributed by atoms with Gasteiger partial charge in [-0.2, -0.15) is 4.98 Å². The normalized spacial score (nSPS) is 11.3. The van der Waals surface area contributed by atoms with Crippen molar-refractivity contribution >= 4 is 50.0 Å². The predicted octanol–water partition coefficient (Wildman–Crippen LogP) is 2.14. The molecule has 0 aliphatic carbocycles. The van der Waals surface area contributed by atoms with Crippen LogP contribution in [0.4, 0.5) is 25.8 Å². The number of halogens is 2. The Kier molecular flexibility index (Phi) is 7.17. The number of benzene rings is 1. The van der Waals surface area contributed by atoms with Gasteiger partial charge in [-0.15, -0.1) is 0 Å². The molecule has 11 nitrogen and oxygen atoms in total. The van der Waals surface area contributed by atoms with Crippen LogP contribution in [0.15, 0.2) is 29.2 Å². The van der Waals surface area contributed by atoms with E-state index in [-0.39, 0.29) is 34.3 Å². The maximum Gasteiger partial charge on any atom is 0.303 e. The van der Waals surface area contributed by atoms with Crippen molar-refractivity contribution in [1.29, 1.82) is 0 Å². The highest BCUT2D eigenvalue weighted by molar-refractivity contribution is 7.89. The van der Waals surface area contributed by atoms with Crippen LogP contribution < -0.4 is 20.1 Å². The Morgan fingerprint density at radius 3 is 2.46 bits per heavy atom. The standard InChI is InChI=1S/C21H21F2N5O6S/c1-10-19(26-17(30)9-34-11(2)29)20(12-5-6-18(33-4)27-21(12)25-10)28(3)15-7-14(23)16(8-13(15)22)35(24,31)32/h5-8H,9H2,1-4H3,(H,26,30)(H2,24,31,32). The fourth-order valence-corrected chi connectivity index (χ4v) is 3.89. The molecule has 0 unspecified atom stereocenters. The zero-order valence-corrected chi connectivity index (χ0v) is 19.9. The monoisotopic (exact) mass is 509 g/mol. The number of hydrogen-bond acceptors (Lipinski definition) is 9. The Morgan fingerprint density at radius 1 is 1.17 bits per heavy atom. The maximum absolute atomic E-state index is 15.0. The number of amides is 1. The lowest BCUT2D eigenvalue weighted by Gasteiger charge is -2.26. The molecule has 1 aromatic carbocycles. The number of fused-ring (bicyclic) bond motifs is 1. The van der Waals surface area contributed by atoms with Crippen LogP contribution in [-0.4, -0.2) is 51.0 Å². The number of esters is 1. The highest BCUT2D eigenvalue weighted by Gasteiger charge is 2.25. The van der Waals surface area contributed by atoms with Crippen molar-refractivity contribution in [3.63, 3.8) is 0 Å². The topological polar surface area (TPSA) is 154 Å². The lowest BCUT2D eigenvalue weighted by atomic mass is 10.1. The predicted molar refractivity (Wildman–Crippen MR) is 122 cm³/mol. The quantitative estimate of drug-likeness (QED) is 0.456. The third-order valence-electron chi connectivity index (χ3n) is 4.86. The molecule has 0 atom stereocenters. The minimum atomic E-state index is -4.52. The van der Waals surface area contributed by atoms with Crippen LogP contribution in [0.2, 0.25) is 0 Å². The number of carbonyl (C=O) groups is 2. The first-order valence-electron chi connectivity index (χ1n) is 9.87. The molecule has 2 aromatic heterocycles. The van der Waals surface area contributed by atoms with Crippen LogP contribution in [0.1, 0.15) is 12.6 Å². The van der Waals surface area contributed by atoms with Crippen molar-refractivity contribution in [2.24, 2.45) is 5.14 Å². The summed E-state index contributed by atoms with van der Waals surface area (Å²) in [4.78, 5) is 32.3. The van der Waals surface area contributed by atoms with E-state index in [0.29, 0.717) is 17.5 Å². The second kappa shape index (κ2) is 9.76. The highest BCUT2D eigenvalue weighted by atomic mass is 32.2. The minimum Gasteiger partial charge on any atom is -0.481 e. The number of nitrogens with one attached hydrogen (secondary N) is 1. The van der Waals surface area contributed by atoms with Gasteiger partial charge in [0.25, 0.3) is 5.91 Å². The molecule has 0 saturated carbocycles. The summed E-state index contributed by atoms with van der Waals surface area (Å²) in [5.74, 6) is -3.52. The summed E-state index contributed by atoms with van der Waals surface area (Å²) in [5, 5.41) is 7.83. The zero-order valence-electron chi connectivity index (χ0n) is 19.0. The van der Waals surface area contributed by atoms with Crippen LogP contribution in [0, 0.1) is 18.6 Å². The maximum atomic E-state index is 15.0. The van der Waals surface area contributed by atoms with Gasteiger partial charge in [-0.1, -0.05) is 0 Å². The summed E-state index contributed by atoms with van der Waals surface area (Å²) in [7, 11) is -1.74. The van der Waals surface area contributed by atoms with Gasteiger partial charge in [-0.25, -0.2) is 27.3 Å². The number of rotatable bonds is 7. The van der Waals surface area contributed by atoms with Gasteiger partial charge in [0, 0.05) is 31.5 Å². The number of aryl methyl sites for hydroxylation is 1. The number of methoxy groups -OCH3 is 1. The van der Waals surface area contributed by atoms with E-state index in [2.05, 4.69) is 15.3 Å². The number of aromatic nitrogens is 2. The molecular weight excluding hydrogens is 488 g/mol. The molecule has 0 saturated heterocycles. The van der Waals surface area contributed by atoms with E-state index < -0.39 is 45.0 Å². The molecule has 14 heteroatoms. The number of nitrogens with two attached hydrogens (primary N) is 1. The van der Waals surface area contributed by atoms with Gasteiger partial charge >= 0.3 is 5.97 Å². The molecule has 0 aliphatic rings. The molecule has 0 spiro atoms. The van der Waals surface area contributed by atoms with Gasteiger partial charge in [0.2, 0.25) is 15.9 Å².